The smallest absolute Gasteiger partial charge is 0.416 e. The van der Waals surface area contributed by atoms with Gasteiger partial charge in [0.25, 0.3) is 0 Å². The minimum absolute atomic E-state index is 0.0737. The van der Waals surface area contributed by atoms with Crippen molar-refractivity contribution in [2.75, 3.05) is 11.4 Å². The van der Waals surface area contributed by atoms with Crippen LogP contribution in [-0.2, 0) is 6.18 Å². The molecule has 0 saturated heterocycles. The third kappa shape index (κ3) is 3.27. The molecule has 8 heteroatoms. The molecule has 0 amide bonds. The number of rotatable bonds is 3. The van der Waals surface area contributed by atoms with Gasteiger partial charge >= 0.3 is 6.18 Å². The molecule has 0 radical (unpaired) electrons. The summed E-state index contributed by atoms with van der Waals surface area (Å²) in [5.41, 5.74) is 1.26. The van der Waals surface area contributed by atoms with Crippen molar-refractivity contribution in [3.05, 3.63) is 76.3 Å². The molecule has 4 rings (SSSR count). The molecule has 2 heterocycles. The minimum atomic E-state index is -4.48. The van der Waals surface area contributed by atoms with E-state index in [2.05, 4.69) is 4.98 Å². The van der Waals surface area contributed by atoms with E-state index in [0.717, 1.165) is 17.7 Å². The van der Waals surface area contributed by atoms with E-state index in [1.807, 2.05) is 35.7 Å². The van der Waals surface area contributed by atoms with Crippen molar-refractivity contribution in [1.29, 1.82) is 5.41 Å². The second-order valence-electron chi connectivity index (χ2n) is 6.21. The average Bonchev–Trinajstić information content (AvgIpc) is 3.26. The highest BCUT2D eigenvalue weighted by molar-refractivity contribution is 7.11. The molecule has 0 aliphatic carbocycles. The Kier molecular flexibility index (Phi) is 4.43. The van der Waals surface area contributed by atoms with Crippen LogP contribution in [0.15, 0.2) is 65.7 Å². The normalized spacial score (nSPS) is 14.8. The molecule has 0 bridgehead atoms. The number of aromatic nitrogens is 1. The van der Waals surface area contributed by atoms with Crippen LogP contribution in [0.2, 0.25) is 0 Å². The predicted octanol–water partition coefficient (Wildman–Crippen LogP) is 5.60. The van der Waals surface area contributed by atoms with Crippen LogP contribution in [0.25, 0.3) is 16.8 Å². The largest absolute Gasteiger partial charge is 0.510 e. The highest BCUT2D eigenvalue weighted by Crippen LogP contribution is 2.36. The highest BCUT2D eigenvalue weighted by Gasteiger charge is 2.34. The summed E-state index contributed by atoms with van der Waals surface area (Å²) in [6.07, 6.45) is -4.48. The van der Waals surface area contributed by atoms with Crippen LogP contribution in [0.5, 0.6) is 0 Å². The third-order valence-electron chi connectivity index (χ3n) is 4.38. The van der Waals surface area contributed by atoms with E-state index in [1.165, 1.54) is 28.4 Å². The first-order valence-electron chi connectivity index (χ1n) is 8.32. The van der Waals surface area contributed by atoms with E-state index >= 15 is 0 Å². The first-order valence-corrected chi connectivity index (χ1v) is 9.19. The van der Waals surface area contributed by atoms with Gasteiger partial charge in [0.15, 0.2) is 0 Å². The summed E-state index contributed by atoms with van der Waals surface area (Å²) in [5.74, 6) is -0.165. The Morgan fingerprint density at radius 2 is 1.82 bits per heavy atom. The van der Waals surface area contributed by atoms with E-state index in [1.54, 1.807) is 0 Å². The number of alkyl halides is 3. The average molecular weight is 401 g/mol. The molecule has 0 spiro atoms. The van der Waals surface area contributed by atoms with Crippen LogP contribution in [0.1, 0.15) is 10.6 Å². The second kappa shape index (κ2) is 6.79. The third-order valence-corrected chi connectivity index (χ3v) is 5.24. The predicted molar refractivity (Wildman–Crippen MR) is 104 cm³/mol. The molecule has 0 saturated carbocycles. The van der Waals surface area contributed by atoms with E-state index in [9.17, 15) is 18.3 Å². The lowest BCUT2D eigenvalue weighted by atomic mass is 10.1. The van der Waals surface area contributed by atoms with Gasteiger partial charge in [0, 0.05) is 16.6 Å². The number of nitrogens with one attached hydrogen (secondary N) is 1. The first-order chi connectivity index (χ1) is 13.3. The lowest BCUT2D eigenvalue weighted by Gasteiger charge is -2.20. The molecule has 28 heavy (non-hydrogen) atoms. The number of amidine groups is 1. The monoisotopic (exact) mass is 401 g/mol. The fourth-order valence-corrected chi connectivity index (χ4v) is 3.90. The van der Waals surface area contributed by atoms with Crippen molar-refractivity contribution >= 4 is 28.4 Å². The molecule has 2 aromatic carbocycles. The number of nitrogens with zero attached hydrogens (tertiary/aromatic N) is 2. The van der Waals surface area contributed by atoms with Gasteiger partial charge in [-0.25, -0.2) is 4.98 Å². The highest BCUT2D eigenvalue weighted by atomic mass is 32.1. The lowest BCUT2D eigenvalue weighted by Crippen LogP contribution is -2.26. The van der Waals surface area contributed by atoms with Crippen molar-refractivity contribution in [3.8, 4) is 11.3 Å². The van der Waals surface area contributed by atoms with E-state index < -0.39 is 11.7 Å². The number of aliphatic hydroxyl groups is 1. The number of halogens is 3. The van der Waals surface area contributed by atoms with Crippen LogP contribution >= 0.6 is 11.3 Å². The Bertz CT molecular complexity index is 1070. The number of hydrogen-bond acceptors (Lipinski definition) is 4. The standard InChI is InChI=1S/C20H14F3N3OS/c21-20(22,23)13-7-4-8-14(9-13)26-10-16(27)17(18(26)24)19-25-15(11-28-19)12-5-2-1-3-6-12/h1-9,11,24,27H,10H2. The Morgan fingerprint density at radius 1 is 1.07 bits per heavy atom. The molecule has 4 nitrogen and oxygen atoms in total. The fraction of sp³-hybridized carbons (Fsp3) is 0.100. The van der Waals surface area contributed by atoms with Gasteiger partial charge in [0.2, 0.25) is 0 Å². The van der Waals surface area contributed by atoms with Gasteiger partial charge in [-0.1, -0.05) is 36.4 Å². The minimum Gasteiger partial charge on any atom is -0.510 e. The summed E-state index contributed by atoms with van der Waals surface area (Å²) >= 11 is 1.28. The molecule has 3 aromatic rings. The van der Waals surface area contributed by atoms with Gasteiger partial charge in [0.05, 0.1) is 23.4 Å². The van der Waals surface area contributed by atoms with Gasteiger partial charge in [-0.2, -0.15) is 13.2 Å². The Labute approximate surface area is 162 Å². The Balaban J connectivity index is 1.64. The molecule has 1 aliphatic heterocycles. The molecule has 1 aromatic heterocycles. The molecule has 0 atom stereocenters. The topological polar surface area (TPSA) is 60.2 Å². The van der Waals surface area contributed by atoms with E-state index in [-0.39, 0.29) is 29.4 Å². The van der Waals surface area contributed by atoms with Gasteiger partial charge in [-0.05, 0) is 18.2 Å². The quantitative estimate of drug-likeness (QED) is 0.601. The summed E-state index contributed by atoms with van der Waals surface area (Å²) in [6.45, 7) is -0.0737. The molecule has 0 unspecified atom stereocenters. The lowest BCUT2D eigenvalue weighted by molar-refractivity contribution is -0.137. The Hall–Kier alpha value is -3.13. The zero-order chi connectivity index (χ0) is 19.9. The molecule has 0 fully saturated rings. The van der Waals surface area contributed by atoms with Crippen LogP contribution in [-0.4, -0.2) is 22.5 Å². The maximum Gasteiger partial charge on any atom is 0.416 e. The van der Waals surface area contributed by atoms with Gasteiger partial charge in [-0.3, -0.25) is 5.41 Å². The summed E-state index contributed by atoms with van der Waals surface area (Å²) in [7, 11) is 0. The van der Waals surface area contributed by atoms with Gasteiger partial charge in [0.1, 0.15) is 16.6 Å². The van der Waals surface area contributed by atoms with Crippen molar-refractivity contribution < 1.29 is 18.3 Å². The maximum atomic E-state index is 13.0. The summed E-state index contributed by atoms with van der Waals surface area (Å²) in [6, 6.07) is 14.2. The first kappa shape index (κ1) is 18.2. The number of benzene rings is 2. The SMILES string of the molecule is N=C1C(c2nc(-c3ccccc3)cs2)=C(O)CN1c1cccc(C(F)(F)F)c1. The summed E-state index contributed by atoms with van der Waals surface area (Å²) in [4.78, 5) is 5.84. The van der Waals surface area contributed by atoms with Gasteiger partial charge in [-0.15, -0.1) is 11.3 Å². The summed E-state index contributed by atoms with van der Waals surface area (Å²) in [5, 5.41) is 21.1. The maximum absolute atomic E-state index is 13.0. The Morgan fingerprint density at radius 3 is 2.54 bits per heavy atom. The van der Waals surface area contributed by atoms with Crippen molar-refractivity contribution in [1.82, 2.24) is 4.98 Å². The molecule has 142 valence electrons. The zero-order valence-electron chi connectivity index (χ0n) is 14.4. The second-order valence-corrected chi connectivity index (χ2v) is 7.07. The van der Waals surface area contributed by atoms with Crippen molar-refractivity contribution in [2.45, 2.75) is 6.18 Å². The molecule has 1 aliphatic rings. The van der Waals surface area contributed by atoms with Crippen LogP contribution < -0.4 is 4.90 Å². The molecule has 2 N–H and O–H groups in total. The molecular weight excluding hydrogens is 387 g/mol. The van der Waals surface area contributed by atoms with Crippen LogP contribution in [0.3, 0.4) is 0 Å². The van der Waals surface area contributed by atoms with Crippen molar-refractivity contribution in [3.63, 3.8) is 0 Å². The number of hydrogen-bond donors (Lipinski definition) is 2. The molecular formula is C20H14F3N3OS. The summed E-state index contributed by atoms with van der Waals surface area (Å²) < 4.78 is 39.0. The zero-order valence-corrected chi connectivity index (χ0v) is 15.2. The number of aliphatic hydroxyl groups excluding tert-OH is 1. The fourth-order valence-electron chi connectivity index (χ4n) is 3.00. The van der Waals surface area contributed by atoms with E-state index in [0.29, 0.717) is 10.7 Å². The van der Waals surface area contributed by atoms with E-state index in [4.69, 9.17) is 5.41 Å². The number of anilines is 1. The van der Waals surface area contributed by atoms with Crippen molar-refractivity contribution in [2.24, 2.45) is 0 Å². The van der Waals surface area contributed by atoms with Crippen LogP contribution in [0, 0.1) is 5.41 Å². The number of thiazole rings is 1. The van der Waals surface area contributed by atoms with Gasteiger partial charge < -0.3 is 10.0 Å². The van der Waals surface area contributed by atoms with Crippen LogP contribution in [0.4, 0.5) is 18.9 Å².